The fourth-order valence-electron chi connectivity index (χ4n) is 3.29. The molecule has 1 saturated heterocycles. The lowest BCUT2D eigenvalue weighted by atomic mass is 9.98. The number of nitrogens with zero attached hydrogens (tertiary/aromatic N) is 1. The van der Waals surface area contributed by atoms with Gasteiger partial charge >= 0.3 is 6.09 Å². The number of imide groups is 1. The van der Waals surface area contributed by atoms with E-state index in [1.807, 2.05) is 13.8 Å². The van der Waals surface area contributed by atoms with Crippen molar-refractivity contribution in [1.29, 1.82) is 0 Å². The summed E-state index contributed by atoms with van der Waals surface area (Å²) in [6.45, 7) is 4.05. The molecule has 0 spiro atoms. The summed E-state index contributed by atoms with van der Waals surface area (Å²) >= 11 is 3.15. The summed E-state index contributed by atoms with van der Waals surface area (Å²) in [5.41, 5.74) is 0. The Labute approximate surface area is 183 Å². The first kappa shape index (κ1) is 24.9. The Morgan fingerprint density at radius 2 is 2.10 bits per heavy atom. The third kappa shape index (κ3) is 5.45. The second-order valence-corrected chi connectivity index (χ2v) is 8.26. The molecule has 1 fully saturated rings. The molecule has 2 aliphatic rings. The van der Waals surface area contributed by atoms with E-state index in [1.165, 1.54) is 7.11 Å². The van der Waals surface area contributed by atoms with Crippen LogP contribution >= 0.6 is 15.9 Å². The lowest BCUT2D eigenvalue weighted by Gasteiger charge is -2.38. The minimum atomic E-state index is -1.87. The molecule has 0 aromatic heterocycles. The molecule has 10 nitrogen and oxygen atoms in total. The highest BCUT2D eigenvalue weighted by Crippen LogP contribution is 2.36. The molecule has 0 saturated carbocycles. The smallest absolute Gasteiger partial charge is 0.417 e. The second-order valence-electron chi connectivity index (χ2n) is 7.41. The number of methoxy groups -OCH3 is 1. The fourth-order valence-corrected chi connectivity index (χ4v) is 3.80. The number of halogens is 1. The molecule has 0 radical (unpaired) electrons. The van der Waals surface area contributed by atoms with E-state index in [0.717, 1.165) is 11.0 Å². The second kappa shape index (κ2) is 10.8. The van der Waals surface area contributed by atoms with E-state index in [2.05, 4.69) is 15.9 Å². The Kier molecular flexibility index (Phi) is 8.95. The maximum Gasteiger partial charge on any atom is 0.417 e. The summed E-state index contributed by atoms with van der Waals surface area (Å²) in [5.74, 6) is -3.29. The number of rotatable bonds is 10. The van der Waals surface area contributed by atoms with E-state index in [0.29, 0.717) is 6.42 Å². The molecule has 170 valence electrons. The highest BCUT2D eigenvalue weighted by molar-refractivity contribution is 9.11. The van der Waals surface area contributed by atoms with E-state index in [9.17, 15) is 19.5 Å². The Morgan fingerprint density at radius 3 is 2.70 bits per heavy atom. The monoisotopic (exact) mass is 493 g/mol. The van der Waals surface area contributed by atoms with Crippen LogP contribution in [0.5, 0.6) is 0 Å². The summed E-state index contributed by atoms with van der Waals surface area (Å²) in [6.07, 6.45) is -2.14. The highest BCUT2D eigenvalue weighted by atomic mass is 79.9. The number of carbonyl (C=O) groups excluding carboxylic acids is 3. The third-order valence-electron chi connectivity index (χ3n) is 4.97. The van der Waals surface area contributed by atoms with Gasteiger partial charge in [-0.3, -0.25) is 9.59 Å². The van der Waals surface area contributed by atoms with Crippen molar-refractivity contribution in [3.8, 4) is 0 Å². The SMILES string of the molecule is CO[C@H](C(=O)N1C(=O)OC[C@@H]1C(C)C)[C@@H]1O[C@](O)(CCCOCCO)C(Br)=CC1=O. The zero-order valence-electron chi connectivity index (χ0n) is 17.2. The average Bonchev–Trinajstić information content (AvgIpc) is 3.08. The van der Waals surface area contributed by atoms with Crippen LogP contribution < -0.4 is 0 Å². The molecule has 2 aliphatic heterocycles. The van der Waals surface area contributed by atoms with Gasteiger partial charge in [0.2, 0.25) is 0 Å². The first-order chi connectivity index (χ1) is 14.2. The minimum Gasteiger partial charge on any atom is -0.447 e. The van der Waals surface area contributed by atoms with Gasteiger partial charge in [-0.05, 0) is 34.3 Å². The topological polar surface area (TPSA) is 132 Å². The molecular weight excluding hydrogens is 466 g/mol. The quantitative estimate of drug-likeness (QED) is 0.422. The molecule has 2 heterocycles. The van der Waals surface area contributed by atoms with Gasteiger partial charge < -0.3 is 29.2 Å². The zero-order valence-corrected chi connectivity index (χ0v) is 18.8. The van der Waals surface area contributed by atoms with Gasteiger partial charge in [-0.25, -0.2) is 9.69 Å². The number of aliphatic hydroxyl groups excluding tert-OH is 1. The summed E-state index contributed by atoms with van der Waals surface area (Å²) < 4.78 is 21.2. The standard InChI is InChI=1S/C19H28BrNO9/c1-11(2)12-10-29-18(25)21(12)17(24)16(27-3)15-13(23)9-14(20)19(26,30-15)5-4-7-28-8-6-22/h9,11-12,15-16,22,26H,4-8,10H2,1-3H3/t12-,15-,16+,19-/m1/s1. The summed E-state index contributed by atoms with van der Waals surface area (Å²) in [5, 5.41) is 19.6. The lowest BCUT2D eigenvalue weighted by Crippen LogP contribution is -2.57. The fraction of sp³-hybridized carbons (Fsp3) is 0.737. The van der Waals surface area contributed by atoms with Crippen molar-refractivity contribution >= 4 is 33.7 Å². The van der Waals surface area contributed by atoms with Crippen LogP contribution in [0.25, 0.3) is 0 Å². The predicted molar refractivity (Wildman–Crippen MR) is 107 cm³/mol. The van der Waals surface area contributed by atoms with Crippen molar-refractivity contribution in [2.45, 2.75) is 50.7 Å². The number of aliphatic hydroxyl groups is 2. The Balaban J connectivity index is 2.17. The minimum absolute atomic E-state index is 0.0569. The van der Waals surface area contributed by atoms with Crippen molar-refractivity contribution in [1.82, 2.24) is 4.90 Å². The van der Waals surface area contributed by atoms with Crippen LogP contribution in [0.4, 0.5) is 4.79 Å². The van der Waals surface area contributed by atoms with Gasteiger partial charge in [-0.1, -0.05) is 13.8 Å². The predicted octanol–water partition coefficient (Wildman–Crippen LogP) is 0.729. The largest absolute Gasteiger partial charge is 0.447 e. The van der Waals surface area contributed by atoms with Gasteiger partial charge in [-0.2, -0.15) is 0 Å². The molecule has 0 aliphatic carbocycles. The molecule has 2 amide bonds. The number of ketones is 1. The lowest BCUT2D eigenvalue weighted by molar-refractivity contribution is -0.227. The first-order valence-corrected chi connectivity index (χ1v) is 10.5. The van der Waals surface area contributed by atoms with Gasteiger partial charge in [0, 0.05) is 20.1 Å². The maximum absolute atomic E-state index is 13.1. The van der Waals surface area contributed by atoms with Gasteiger partial charge in [-0.15, -0.1) is 0 Å². The van der Waals surface area contributed by atoms with E-state index < -0.39 is 41.8 Å². The number of hydrogen-bond donors (Lipinski definition) is 2. The Morgan fingerprint density at radius 1 is 1.40 bits per heavy atom. The van der Waals surface area contributed by atoms with Gasteiger partial charge in [0.05, 0.1) is 23.7 Å². The molecule has 4 atom stereocenters. The average molecular weight is 494 g/mol. The molecule has 2 rings (SSSR count). The van der Waals surface area contributed by atoms with Gasteiger partial charge in [0.15, 0.2) is 23.8 Å². The van der Waals surface area contributed by atoms with Crippen LogP contribution in [0, 0.1) is 5.92 Å². The number of ether oxygens (including phenoxy) is 4. The number of hydrogen-bond acceptors (Lipinski definition) is 9. The Bertz CT molecular complexity index is 683. The number of cyclic esters (lactones) is 1. The van der Waals surface area contributed by atoms with Gasteiger partial charge in [0.25, 0.3) is 5.91 Å². The van der Waals surface area contributed by atoms with Gasteiger partial charge in [0.1, 0.15) is 6.61 Å². The molecule has 2 N–H and O–H groups in total. The van der Waals surface area contributed by atoms with Crippen LogP contribution in [-0.2, 0) is 28.5 Å². The van der Waals surface area contributed by atoms with Crippen LogP contribution in [0.1, 0.15) is 26.7 Å². The van der Waals surface area contributed by atoms with Crippen LogP contribution in [-0.4, -0.2) is 90.5 Å². The Hall–Kier alpha value is -1.37. The summed E-state index contributed by atoms with van der Waals surface area (Å²) in [7, 11) is 1.22. The third-order valence-corrected chi connectivity index (χ3v) is 5.82. The van der Waals surface area contributed by atoms with Crippen molar-refractivity contribution in [2.75, 3.05) is 33.5 Å². The molecule has 30 heavy (non-hydrogen) atoms. The highest BCUT2D eigenvalue weighted by Gasteiger charge is 2.50. The molecule has 0 aromatic rings. The zero-order chi connectivity index (χ0) is 22.5. The van der Waals surface area contributed by atoms with Crippen LogP contribution in [0.3, 0.4) is 0 Å². The van der Waals surface area contributed by atoms with Crippen molar-refractivity contribution in [2.24, 2.45) is 5.92 Å². The van der Waals surface area contributed by atoms with Crippen LogP contribution in [0.2, 0.25) is 0 Å². The van der Waals surface area contributed by atoms with E-state index in [1.54, 1.807) is 0 Å². The number of carbonyl (C=O) groups is 3. The molecular formula is C19H28BrNO9. The normalized spacial score (nSPS) is 28.0. The molecule has 11 heteroatoms. The summed E-state index contributed by atoms with van der Waals surface area (Å²) in [4.78, 5) is 38.7. The van der Waals surface area contributed by atoms with Crippen molar-refractivity contribution in [3.05, 3.63) is 10.6 Å². The van der Waals surface area contributed by atoms with E-state index >= 15 is 0 Å². The molecule has 0 unspecified atom stereocenters. The van der Waals surface area contributed by atoms with Crippen LogP contribution in [0.15, 0.2) is 10.6 Å². The van der Waals surface area contributed by atoms with Crippen molar-refractivity contribution in [3.63, 3.8) is 0 Å². The van der Waals surface area contributed by atoms with E-state index in [-0.39, 0.29) is 43.2 Å². The molecule has 0 bridgehead atoms. The maximum atomic E-state index is 13.1. The first-order valence-electron chi connectivity index (χ1n) is 9.69. The molecule has 0 aromatic carbocycles. The van der Waals surface area contributed by atoms with Crippen molar-refractivity contribution < 1.29 is 43.5 Å². The van der Waals surface area contributed by atoms with E-state index in [4.69, 9.17) is 24.1 Å². The number of amides is 2. The summed E-state index contributed by atoms with van der Waals surface area (Å²) in [6, 6.07) is -0.494.